The average Bonchev–Trinajstić information content (AvgIpc) is 2.38. The van der Waals surface area contributed by atoms with E-state index in [0.717, 1.165) is 6.42 Å². The number of nitrogens with one attached hydrogen (secondary N) is 1. The molecule has 19 heavy (non-hydrogen) atoms. The van der Waals surface area contributed by atoms with Crippen LogP contribution in [0.2, 0.25) is 0 Å². The van der Waals surface area contributed by atoms with Crippen molar-refractivity contribution >= 4 is 10.0 Å². The summed E-state index contributed by atoms with van der Waals surface area (Å²) in [5.74, 6) is 2.33. The third-order valence-electron chi connectivity index (χ3n) is 2.55. The maximum absolute atomic E-state index is 11.8. The number of nitriles is 1. The molecule has 0 aromatic heterocycles. The van der Waals surface area contributed by atoms with Crippen LogP contribution in [0.3, 0.4) is 0 Å². The van der Waals surface area contributed by atoms with E-state index in [0.29, 0.717) is 30.5 Å². The van der Waals surface area contributed by atoms with Crippen molar-refractivity contribution in [2.45, 2.75) is 25.0 Å². The van der Waals surface area contributed by atoms with E-state index >= 15 is 0 Å². The van der Waals surface area contributed by atoms with Crippen LogP contribution >= 0.6 is 0 Å². The number of benzene rings is 1. The first-order chi connectivity index (χ1) is 9.09. The molecule has 0 amide bonds. The first-order valence-electron chi connectivity index (χ1n) is 5.98. The standard InChI is InChI=1S/C14H16N2O2S/c1-2-3-4-7-10-16-19(17,18)12-14-9-6-5-8-13(14)11-15/h1,5-6,8-9,16H,3-4,7,10,12H2. The Balaban J connectivity index is 2.56. The summed E-state index contributed by atoms with van der Waals surface area (Å²) in [6.45, 7) is 0.374. The summed E-state index contributed by atoms with van der Waals surface area (Å²) in [5.41, 5.74) is 0.904. The predicted octanol–water partition coefficient (Wildman–Crippen LogP) is 1.78. The highest BCUT2D eigenvalue weighted by molar-refractivity contribution is 7.88. The first-order valence-corrected chi connectivity index (χ1v) is 7.63. The van der Waals surface area contributed by atoms with E-state index in [1.54, 1.807) is 24.3 Å². The smallest absolute Gasteiger partial charge is 0.215 e. The molecule has 5 heteroatoms. The maximum Gasteiger partial charge on any atom is 0.215 e. The zero-order chi connectivity index (χ0) is 14.1. The van der Waals surface area contributed by atoms with Crippen LogP contribution < -0.4 is 4.72 Å². The van der Waals surface area contributed by atoms with E-state index in [2.05, 4.69) is 10.6 Å². The number of hydrogen-bond donors (Lipinski definition) is 1. The van der Waals surface area contributed by atoms with Gasteiger partial charge in [0.25, 0.3) is 0 Å². The number of unbranched alkanes of at least 4 members (excludes halogenated alkanes) is 2. The summed E-state index contributed by atoms with van der Waals surface area (Å²) in [5, 5.41) is 8.90. The summed E-state index contributed by atoms with van der Waals surface area (Å²) in [7, 11) is -3.41. The minimum Gasteiger partial charge on any atom is -0.215 e. The fourth-order valence-corrected chi connectivity index (χ4v) is 2.81. The summed E-state index contributed by atoms with van der Waals surface area (Å²) >= 11 is 0. The third-order valence-corrected chi connectivity index (χ3v) is 3.89. The van der Waals surface area contributed by atoms with E-state index in [-0.39, 0.29) is 5.75 Å². The molecule has 0 unspecified atom stereocenters. The van der Waals surface area contributed by atoms with Gasteiger partial charge in [0, 0.05) is 13.0 Å². The van der Waals surface area contributed by atoms with Gasteiger partial charge in [0.1, 0.15) is 0 Å². The largest absolute Gasteiger partial charge is 0.215 e. The molecule has 0 bridgehead atoms. The van der Waals surface area contributed by atoms with Crippen molar-refractivity contribution in [3.63, 3.8) is 0 Å². The number of sulfonamides is 1. The lowest BCUT2D eigenvalue weighted by Crippen LogP contribution is -2.26. The molecule has 0 fully saturated rings. The number of nitrogens with zero attached hydrogens (tertiary/aromatic N) is 1. The molecule has 4 nitrogen and oxygen atoms in total. The summed E-state index contributed by atoms with van der Waals surface area (Å²) in [6, 6.07) is 8.68. The molecule has 0 aliphatic carbocycles. The molecule has 0 radical (unpaired) electrons. The van der Waals surface area contributed by atoms with Crippen molar-refractivity contribution in [2.75, 3.05) is 6.54 Å². The van der Waals surface area contributed by atoms with Crippen molar-refractivity contribution in [3.05, 3.63) is 35.4 Å². The zero-order valence-corrected chi connectivity index (χ0v) is 11.4. The van der Waals surface area contributed by atoms with Crippen molar-refractivity contribution in [1.29, 1.82) is 5.26 Å². The fraction of sp³-hybridized carbons (Fsp3) is 0.357. The molecule has 0 aliphatic heterocycles. The Morgan fingerprint density at radius 3 is 2.68 bits per heavy atom. The monoisotopic (exact) mass is 276 g/mol. The van der Waals surface area contributed by atoms with Gasteiger partial charge in [0.15, 0.2) is 0 Å². The predicted molar refractivity (Wildman–Crippen MR) is 74.5 cm³/mol. The second-order valence-electron chi connectivity index (χ2n) is 4.08. The summed E-state index contributed by atoms with van der Waals surface area (Å²) < 4.78 is 26.2. The Bertz CT molecular complexity index is 595. The van der Waals surface area contributed by atoms with Gasteiger partial charge in [0.05, 0.1) is 17.4 Å². The molecule has 1 aromatic rings. The van der Waals surface area contributed by atoms with Gasteiger partial charge in [0.2, 0.25) is 10.0 Å². The molecule has 1 rings (SSSR count). The van der Waals surface area contributed by atoms with Gasteiger partial charge in [-0.15, -0.1) is 12.3 Å². The fourth-order valence-electron chi connectivity index (χ4n) is 1.59. The van der Waals surface area contributed by atoms with Gasteiger partial charge < -0.3 is 0 Å². The Morgan fingerprint density at radius 1 is 1.26 bits per heavy atom. The van der Waals surface area contributed by atoms with Gasteiger partial charge in [-0.25, -0.2) is 13.1 Å². The topological polar surface area (TPSA) is 70.0 Å². The molecule has 0 aliphatic rings. The Morgan fingerprint density at radius 2 is 2.00 bits per heavy atom. The molecule has 0 spiro atoms. The van der Waals surface area contributed by atoms with Gasteiger partial charge in [-0.2, -0.15) is 5.26 Å². The highest BCUT2D eigenvalue weighted by Gasteiger charge is 2.13. The van der Waals surface area contributed by atoms with Crippen LogP contribution in [0.25, 0.3) is 0 Å². The summed E-state index contributed by atoms with van der Waals surface area (Å²) in [6.07, 6.45) is 7.27. The first kappa shape index (κ1) is 15.2. The van der Waals surface area contributed by atoms with Crippen LogP contribution in [0, 0.1) is 23.7 Å². The molecule has 0 atom stereocenters. The highest BCUT2D eigenvalue weighted by atomic mass is 32.2. The van der Waals surface area contributed by atoms with Crippen LogP contribution in [0.15, 0.2) is 24.3 Å². The zero-order valence-electron chi connectivity index (χ0n) is 10.6. The third kappa shape index (κ3) is 5.56. The van der Waals surface area contributed by atoms with E-state index in [9.17, 15) is 8.42 Å². The van der Waals surface area contributed by atoms with Crippen LogP contribution in [-0.2, 0) is 15.8 Å². The molecular formula is C14H16N2O2S. The van der Waals surface area contributed by atoms with Crippen molar-refractivity contribution in [2.24, 2.45) is 0 Å². The van der Waals surface area contributed by atoms with Crippen LogP contribution in [0.4, 0.5) is 0 Å². The lowest BCUT2D eigenvalue weighted by atomic mass is 10.1. The normalized spacial score (nSPS) is 10.6. The van der Waals surface area contributed by atoms with Crippen molar-refractivity contribution < 1.29 is 8.42 Å². The molecular weight excluding hydrogens is 260 g/mol. The van der Waals surface area contributed by atoms with Crippen LogP contribution in [-0.4, -0.2) is 15.0 Å². The quantitative estimate of drug-likeness (QED) is 0.609. The van der Waals surface area contributed by atoms with Crippen LogP contribution in [0.1, 0.15) is 30.4 Å². The maximum atomic E-state index is 11.8. The minimum atomic E-state index is -3.41. The molecule has 100 valence electrons. The van der Waals surface area contributed by atoms with Crippen LogP contribution in [0.5, 0.6) is 0 Å². The van der Waals surface area contributed by atoms with Gasteiger partial charge in [-0.05, 0) is 24.5 Å². The Kier molecular flexibility index (Phi) is 6.08. The lowest BCUT2D eigenvalue weighted by Gasteiger charge is -2.07. The van der Waals surface area contributed by atoms with E-state index < -0.39 is 10.0 Å². The van der Waals surface area contributed by atoms with Crippen molar-refractivity contribution in [3.8, 4) is 18.4 Å². The van der Waals surface area contributed by atoms with Gasteiger partial charge >= 0.3 is 0 Å². The number of terminal acetylenes is 1. The Hall–Kier alpha value is -1.82. The highest BCUT2D eigenvalue weighted by Crippen LogP contribution is 2.10. The number of hydrogen-bond acceptors (Lipinski definition) is 3. The van der Waals surface area contributed by atoms with E-state index in [4.69, 9.17) is 11.7 Å². The van der Waals surface area contributed by atoms with E-state index in [1.165, 1.54) is 0 Å². The minimum absolute atomic E-state index is 0.175. The van der Waals surface area contributed by atoms with Crippen molar-refractivity contribution in [1.82, 2.24) is 4.72 Å². The van der Waals surface area contributed by atoms with Gasteiger partial charge in [-0.3, -0.25) is 0 Å². The summed E-state index contributed by atoms with van der Waals surface area (Å²) in [4.78, 5) is 0. The molecule has 1 aromatic carbocycles. The molecule has 1 N–H and O–H groups in total. The molecule has 0 saturated heterocycles. The number of rotatable bonds is 7. The molecule has 0 heterocycles. The second kappa shape index (κ2) is 7.58. The second-order valence-corrected chi connectivity index (χ2v) is 5.89. The average molecular weight is 276 g/mol. The van der Waals surface area contributed by atoms with E-state index in [1.807, 2.05) is 6.07 Å². The molecule has 0 saturated carbocycles. The SMILES string of the molecule is C#CCCCCNS(=O)(=O)Cc1ccccc1C#N. The van der Waals surface area contributed by atoms with Gasteiger partial charge in [-0.1, -0.05) is 18.2 Å². The lowest BCUT2D eigenvalue weighted by molar-refractivity contribution is 0.576. The Labute approximate surface area is 114 Å².